The SMILES string of the molecule is O=C(CCNc1nc(=O)n(C[C@H](NC(=O)OCc2ccccc2)C(=O)OC(=O)C(F)(F)F)cc1C1CCOCC1)Nc1ncc[nH]1. The number of amides is 2. The highest BCUT2D eigenvalue weighted by Gasteiger charge is 2.43. The van der Waals surface area contributed by atoms with Gasteiger partial charge in [-0.1, -0.05) is 30.3 Å². The Balaban J connectivity index is 1.53. The van der Waals surface area contributed by atoms with Crippen molar-refractivity contribution in [2.24, 2.45) is 0 Å². The highest BCUT2D eigenvalue weighted by Crippen LogP contribution is 2.30. The standard InChI is InChI=1S/C28H30F3N7O8/c29-28(30,31)24(41)46-23(40)20(35-27(43)45-16-17-4-2-1-3-5-17)15-38-14-19(18-7-12-44-13-8-18)22(37-26(38)42)32-9-6-21(39)36-25-33-10-11-34-25/h1-5,10-11,14,18,20H,6-9,12-13,15-16H2,(H,35,43)(H,32,37,42)(H2,33,34,36,39)/t20-/m0/s1. The molecule has 246 valence electrons. The Bertz CT molecular complexity index is 1560. The van der Waals surface area contributed by atoms with Crippen molar-refractivity contribution in [3.05, 3.63) is 70.5 Å². The van der Waals surface area contributed by atoms with Crippen molar-refractivity contribution < 1.29 is 46.6 Å². The summed E-state index contributed by atoms with van der Waals surface area (Å²) in [5.74, 6) is -4.72. The minimum atomic E-state index is -5.50. The molecule has 2 aromatic heterocycles. The Kier molecular flexibility index (Phi) is 11.4. The van der Waals surface area contributed by atoms with Crippen LogP contribution in [0.15, 0.2) is 53.7 Å². The van der Waals surface area contributed by atoms with E-state index in [4.69, 9.17) is 9.47 Å². The number of benzene rings is 1. The average Bonchev–Trinajstić information content (AvgIpc) is 3.54. The number of H-pyrrole nitrogens is 1. The van der Waals surface area contributed by atoms with Crippen molar-refractivity contribution in [1.82, 2.24) is 24.8 Å². The molecule has 0 bridgehead atoms. The predicted octanol–water partition coefficient (Wildman–Crippen LogP) is 2.23. The molecule has 0 radical (unpaired) electrons. The van der Waals surface area contributed by atoms with Crippen LogP contribution in [0.5, 0.6) is 0 Å². The molecule has 4 rings (SSSR count). The summed E-state index contributed by atoms with van der Waals surface area (Å²) in [5, 5.41) is 7.60. The minimum Gasteiger partial charge on any atom is -0.445 e. The molecule has 1 aliphatic heterocycles. The third kappa shape index (κ3) is 9.88. The number of anilines is 2. The predicted molar refractivity (Wildman–Crippen MR) is 152 cm³/mol. The number of hydrogen-bond donors (Lipinski definition) is 4. The number of halogens is 3. The number of nitrogens with zero attached hydrogens (tertiary/aromatic N) is 3. The molecule has 46 heavy (non-hydrogen) atoms. The van der Waals surface area contributed by atoms with E-state index in [0.717, 1.165) is 4.57 Å². The second-order valence-corrected chi connectivity index (χ2v) is 9.99. The summed E-state index contributed by atoms with van der Waals surface area (Å²) in [7, 11) is 0. The first kappa shape index (κ1) is 33.6. The molecule has 0 spiro atoms. The van der Waals surface area contributed by atoms with Crippen molar-refractivity contribution in [2.75, 3.05) is 30.4 Å². The van der Waals surface area contributed by atoms with E-state index < -0.39 is 42.5 Å². The summed E-state index contributed by atoms with van der Waals surface area (Å²) in [4.78, 5) is 72.6. The molecule has 0 aliphatic carbocycles. The molecular formula is C28H30F3N7O8. The summed E-state index contributed by atoms with van der Waals surface area (Å²) < 4.78 is 53.8. The second kappa shape index (κ2) is 15.6. The van der Waals surface area contributed by atoms with Gasteiger partial charge >= 0.3 is 29.9 Å². The molecule has 1 fully saturated rings. The van der Waals surface area contributed by atoms with Crippen LogP contribution in [0.2, 0.25) is 0 Å². The fourth-order valence-electron chi connectivity index (χ4n) is 4.41. The van der Waals surface area contributed by atoms with Gasteiger partial charge in [0.15, 0.2) is 0 Å². The topological polar surface area (TPSA) is 196 Å². The fraction of sp³-hybridized carbons (Fsp3) is 0.393. The smallest absolute Gasteiger partial charge is 0.445 e. The number of hydrogen-bond acceptors (Lipinski definition) is 11. The van der Waals surface area contributed by atoms with Crippen LogP contribution in [-0.2, 0) is 41.7 Å². The zero-order valence-electron chi connectivity index (χ0n) is 24.2. The van der Waals surface area contributed by atoms with Gasteiger partial charge in [-0.25, -0.2) is 24.2 Å². The van der Waals surface area contributed by atoms with Crippen LogP contribution in [0.25, 0.3) is 0 Å². The molecule has 3 aromatic rings. The summed E-state index contributed by atoms with van der Waals surface area (Å²) in [6.45, 7) is -0.123. The number of aromatic nitrogens is 4. The maximum Gasteiger partial charge on any atom is 0.491 e. The lowest BCUT2D eigenvalue weighted by molar-refractivity contribution is -0.202. The lowest BCUT2D eigenvalue weighted by atomic mass is 9.93. The number of rotatable bonds is 12. The van der Waals surface area contributed by atoms with Crippen LogP contribution in [0.1, 0.15) is 36.3 Å². The summed E-state index contributed by atoms with van der Waals surface area (Å²) in [6.07, 6.45) is -1.32. The first-order valence-corrected chi connectivity index (χ1v) is 14.0. The van der Waals surface area contributed by atoms with E-state index in [0.29, 0.717) is 37.2 Å². The molecule has 4 N–H and O–H groups in total. The molecule has 15 nitrogen and oxygen atoms in total. The van der Waals surface area contributed by atoms with Gasteiger partial charge in [-0.15, -0.1) is 0 Å². The Morgan fingerprint density at radius 2 is 1.87 bits per heavy atom. The summed E-state index contributed by atoms with van der Waals surface area (Å²) >= 11 is 0. The van der Waals surface area contributed by atoms with Gasteiger partial charge in [0.2, 0.25) is 11.9 Å². The second-order valence-electron chi connectivity index (χ2n) is 9.99. The number of imidazole rings is 1. The normalized spacial score (nSPS) is 14.2. The Labute approximate surface area is 258 Å². The molecule has 2 amide bonds. The van der Waals surface area contributed by atoms with Crippen LogP contribution in [0.3, 0.4) is 0 Å². The Morgan fingerprint density at radius 1 is 1.13 bits per heavy atom. The maximum atomic E-state index is 13.1. The van der Waals surface area contributed by atoms with Crippen LogP contribution in [-0.4, -0.2) is 75.4 Å². The van der Waals surface area contributed by atoms with Crippen LogP contribution in [0, 0.1) is 0 Å². The molecular weight excluding hydrogens is 619 g/mol. The number of carbonyl (C=O) groups is 4. The Hall–Kier alpha value is -5.26. The van der Waals surface area contributed by atoms with Crippen LogP contribution >= 0.6 is 0 Å². The molecule has 0 saturated carbocycles. The van der Waals surface area contributed by atoms with Gasteiger partial charge in [0.1, 0.15) is 18.5 Å². The molecule has 1 atom stereocenters. The van der Waals surface area contributed by atoms with E-state index in [2.05, 4.69) is 35.6 Å². The lowest BCUT2D eigenvalue weighted by Crippen LogP contribution is -2.48. The third-order valence-corrected chi connectivity index (χ3v) is 6.68. The number of alkyl carbamates (subject to hydrolysis) is 1. The first-order valence-electron chi connectivity index (χ1n) is 14.0. The quantitative estimate of drug-likeness (QED) is 0.166. The van der Waals surface area contributed by atoms with Crippen molar-refractivity contribution in [1.29, 1.82) is 0 Å². The fourth-order valence-corrected chi connectivity index (χ4v) is 4.41. The van der Waals surface area contributed by atoms with Gasteiger partial charge in [0, 0.05) is 50.3 Å². The summed E-state index contributed by atoms with van der Waals surface area (Å²) in [6, 6.07) is 6.43. The number of alkyl halides is 3. The zero-order chi connectivity index (χ0) is 33.1. The number of esters is 2. The number of aromatic amines is 1. The Morgan fingerprint density at radius 3 is 2.54 bits per heavy atom. The van der Waals surface area contributed by atoms with Gasteiger partial charge in [-0.2, -0.15) is 18.2 Å². The molecule has 3 heterocycles. The highest BCUT2D eigenvalue weighted by atomic mass is 19.4. The van der Waals surface area contributed by atoms with Crippen molar-refractivity contribution >= 4 is 35.7 Å². The molecule has 18 heteroatoms. The van der Waals surface area contributed by atoms with Gasteiger partial charge in [0.25, 0.3) is 0 Å². The van der Waals surface area contributed by atoms with Crippen LogP contribution in [0.4, 0.5) is 29.7 Å². The van der Waals surface area contributed by atoms with Crippen molar-refractivity contribution in [3.63, 3.8) is 0 Å². The van der Waals surface area contributed by atoms with Gasteiger partial charge in [-0.05, 0) is 24.3 Å². The van der Waals surface area contributed by atoms with Gasteiger partial charge in [-0.3, -0.25) is 14.7 Å². The molecule has 1 aromatic carbocycles. The van der Waals surface area contributed by atoms with Crippen molar-refractivity contribution in [3.8, 4) is 0 Å². The zero-order valence-corrected chi connectivity index (χ0v) is 24.2. The maximum absolute atomic E-state index is 13.1. The van der Waals surface area contributed by atoms with Gasteiger partial charge in [0.05, 0.1) is 6.54 Å². The number of carbonyl (C=O) groups excluding carboxylic acids is 4. The molecule has 1 saturated heterocycles. The van der Waals surface area contributed by atoms with E-state index in [-0.39, 0.29) is 43.2 Å². The van der Waals surface area contributed by atoms with E-state index >= 15 is 0 Å². The molecule has 0 unspecified atom stereocenters. The van der Waals surface area contributed by atoms with E-state index in [1.807, 2.05) is 0 Å². The monoisotopic (exact) mass is 649 g/mol. The summed E-state index contributed by atoms with van der Waals surface area (Å²) in [5.41, 5.74) is 0.129. The third-order valence-electron chi connectivity index (χ3n) is 6.68. The van der Waals surface area contributed by atoms with Crippen molar-refractivity contribution in [2.45, 2.75) is 50.6 Å². The number of nitrogens with one attached hydrogen (secondary N) is 4. The highest BCUT2D eigenvalue weighted by molar-refractivity contribution is 5.92. The van der Waals surface area contributed by atoms with E-state index in [1.165, 1.54) is 18.6 Å². The largest absolute Gasteiger partial charge is 0.491 e. The van der Waals surface area contributed by atoms with Crippen LogP contribution < -0.4 is 21.6 Å². The van der Waals surface area contributed by atoms with E-state index in [1.54, 1.807) is 30.3 Å². The minimum absolute atomic E-state index is 0.0190. The first-order chi connectivity index (χ1) is 22.0. The number of ether oxygens (including phenoxy) is 3. The van der Waals surface area contributed by atoms with E-state index in [9.17, 15) is 37.1 Å². The lowest BCUT2D eigenvalue weighted by Gasteiger charge is -2.25. The average molecular weight is 650 g/mol. The van der Waals surface area contributed by atoms with Gasteiger partial charge < -0.3 is 29.8 Å². The molecule has 1 aliphatic rings.